The molecule has 0 bridgehead atoms. The zero-order chi connectivity index (χ0) is 21.3. The van der Waals surface area contributed by atoms with Crippen LogP contribution in [0.2, 0.25) is 0 Å². The van der Waals surface area contributed by atoms with E-state index in [2.05, 4.69) is 10.6 Å². The molecule has 1 aromatic heterocycles. The number of aryl methyl sites for hydroxylation is 2. The van der Waals surface area contributed by atoms with Crippen LogP contribution in [0.25, 0.3) is 0 Å². The lowest BCUT2D eigenvalue weighted by Crippen LogP contribution is -2.49. The predicted octanol–water partition coefficient (Wildman–Crippen LogP) is 2.99. The van der Waals surface area contributed by atoms with Gasteiger partial charge in [0.05, 0.1) is 6.54 Å². The Morgan fingerprint density at radius 3 is 2.13 bits per heavy atom. The number of hydrogen-bond donors (Lipinski definition) is 2. The zero-order valence-electron chi connectivity index (χ0n) is 16.6. The Morgan fingerprint density at radius 2 is 1.53 bits per heavy atom. The van der Waals surface area contributed by atoms with Gasteiger partial charge in [-0.3, -0.25) is 14.9 Å². The van der Waals surface area contributed by atoms with Crippen molar-refractivity contribution in [3.8, 4) is 11.5 Å². The molecule has 2 N–H and O–H groups in total. The first-order valence-electron chi connectivity index (χ1n) is 9.52. The standard InChI is InChI=1S/C23H21N3O4/c1-15-5-9-18(10-6-15)30-19-11-7-17(8-12-19)23(21(28)24-22(29)25-23)14-26-13-3-4-16(2)20(26)27/h3-13H,14H2,1-2H3,(H2,24,25,28,29). The van der Waals surface area contributed by atoms with Gasteiger partial charge in [0.1, 0.15) is 11.5 Å². The van der Waals surface area contributed by atoms with Gasteiger partial charge >= 0.3 is 6.03 Å². The van der Waals surface area contributed by atoms with Crippen LogP contribution in [0, 0.1) is 13.8 Å². The third-order valence-corrected chi connectivity index (χ3v) is 5.16. The van der Waals surface area contributed by atoms with Crippen molar-refractivity contribution in [1.29, 1.82) is 0 Å². The third kappa shape index (κ3) is 3.57. The minimum atomic E-state index is -1.39. The molecule has 0 saturated carbocycles. The number of hydrogen-bond acceptors (Lipinski definition) is 4. The summed E-state index contributed by atoms with van der Waals surface area (Å²) in [6, 6.07) is 17.4. The molecule has 2 heterocycles. The molecule has 1 unspecified atom stereocenters. The van der Waals surface area contributed by atoms with Crippen LogP contribution in [0.5, 0.6) is 11.5 Å². The molecule has 7 nitrogen and oxygen atoms in total. The van der Waals surface area contributed by atoms with Crippen LogP contribution >= 0.6 is 0 Å². The molecule has 0 radical (unpaired) electrons. The number of aromatic nitrogens is 1. The van der Waals surface area contributed by atoms with Crippen LogP contribution in [0.1, 0.15) is 16.7 Å². The quantitative estimate of drug-likeness (QED) is 0.641. The maximum absolute atomic E-state index is 12.8. The van der Waals surface area contributed by atoms with Crippen LogP contribution in [0.15, 0.2) is 71.7 Å². The lowest BCUT2D eigenvalue weighted by Gasteiger charge is -2.27. The molecule has 3 aromatic rings. The number of rotatable bonds is 5. The van der Waals surface area contributed by atoms with E-state index < -0.39 is 17.5 Å². The third-order valence-electron chi connectivity index (χ3n) is 5.16. The molecular weight excluding hydrogens is 382 g/mol. The molecule has 3 amide bonds. The van der Waals surface area contributed by atoms with Gasteiger partial charge in [-0.15, -0.1) is 0 Å². The molecule has 0 aliphatic carbocycles. The average Bonchev–Trinajstić information content (AvgIpc) is 3.01. The highest BCUT2D eigenvalue weighted by molar-refractivity contribution is 6.07. The van der Waals surface area contributed by atoms with Crippen molar-refractivity contribution in [2.75, 3.05) is 0 Å². The van der Waals surface area contributed by atoms with Crippen LogP contribution in [-0.2, 0) is 16.9 Å². The monoisotopic (exact) mass is 403 g/mol. The van der Waals surface area contributed by atoms with Crippen molar-refractivity contribution in [3.05, 3.63) is 93.9 Å². The molecule has 152 valence electrons. The number of carbonyl (C=O) groups is 2. The topological polar surface area (TPSA) is 89.4 Å². The SMILES string of the molecule is Cc1ccc(Oc2ccc(C3(Cn4cccc(C)c4=O)NC(=O)NC3=O)cc2)cc1. The molecule has 30 heavy (non-hydrogen) atoms. The highest BCUT2D eigenvalue weighted by atomic mass is 16.5. The first-order chi connectivity index (χ1) is 14.4. The maximum Gasteiger partial charge on any atom is 0.322 e. The van der Waals surface area contributed by atoms with E-state index in [0.29, 0.717) is 22.6 Å². The molecule has 0 spiro atoms. The lowest BCUT2D eigenvalue weighted by atomic mass is 9.89. The molecular formula is C23H21N3O4. The number of nitrogens with one attached hydrogen (secondary N) is 2. The van der Waals surface area contributed by atoms with E-state index in [4.69, 9.17) is 4.74 Å². The van der Waals surface area contributed by atoms with Crippen molar-refractivity contribution < 1.29 is 14.3 Å². The van der Waals surface area contributed by atoms with E-state index >= 15 is 0 Å². The van der Waals surface area contributed by atoms with E-state index in [-0.39, 0.29) is 12.1 Å². The molecule has 1 fully saturated rings. The lowest BCUT2D eigenvalue weighted by molar-refractivity contribution is -0.124. The molecule has 1 saturated heterocycles. The second-order valence-electron chi connectivity index (χ2n) is 7.38. The number of pyridine rings is 1. The Morgan fingerprint density at radius 1 is 0.900 bits per heavy atom. The summed E-state index contributed by atoms with van der Waals surface area (Å²) in [5.74, 6) is 0.782. The average molecular weight is 403 g/mol. The van der Waals surface area contributed by atoms with E-state index in [1.54, 1.807) is 49.5 Å². The molecule has 4 rings (SSSR count). The highest BCUT2D eigenvalue weighted by Crippen LogP contribution is 2.30. The minimum Gasteiger partial charge on any atom is -0.457 e. The van der Waals surface area contributed by atoms with E-state index in [0.717, 1.165) is 5.56 Å². The zero-order valence-corrected chi connectivity index (χ0v) is 16.6. The van der Waals surface area contributed by atoms with Gasteiger partial charge in [-0.1, -0.05) is 35.9 Å². The maximum atomic E-state index is 12.8. The number of nitrogens with zero attached hydrogens (tertiary/aromatic N) is 1. The normalized spacial score (nSPS) is 18.1. The Balaban J connectivity index is 1.67. The summed E-state index contributed by atoms with van der Waals surface area (Å²) < 4.78 is 7.27. The Labute approximate surface area is 173 Å². The van der Waals surface area contributed by atoms with Gasteiger partial charge in [-0.25, -0.2) is 4.79 Å². The Kier molecular flexibility index (Phi) is 4.87. The predicted molar refractivity (Wildman–Crippen MR) is 111 cm³/mol. The van der Waals surface area contributed by atoms with Crippen LogP contribution in [-0.4, -0.2) is 16.5 Å². The summed E-state index contributed by atoms with van der Waals surface area (Å²) in [4.78, 5) is 37.2. The summed E-state index contributed by atoms with van der Waals surface area (Å²) in [6.07, 6.45) is 1.60. The minimum absolute atomic E-state index is 0.0246. The summed E-state index contributed by atoms with van der Waals surface area (Å²) in [5.41, 5.74) is 0.630. The van der Waals surface area contributed by atoms with Crippen LogP contribution in [0.3, 0.4) is 0 Å². The molecule has 1 aliphatic rings. The number of carbonyl (C=O) groups excluding carboxylic acids is 2. The van der Waals surface area contributed by atoms with E-state index in [1.807, 2.05) is 31.2 Å². The number of urea groups is 1. The summed E-state index contributed by atoms with van der Waals surface area (Å²) >= 11 is 0. The van der Waals surface area contributed by atoms with Gasteiger partial charge in [0, 0.05) is 11.8 Å². The number of ether oxygens (including phenoxy) is 1. The molecule has 1 atom stereocenters. The van der Waals surface area contributed by atoms with E-state index in [1.165, 1.54) is 4.57 Å². The molecule has 7 heteroatoms. The number of benzene rings is 2. The van der Waals surface area contributed by atoms with Gasteiger partial charge in [-0.05, 0) is 49.7 Å². The molecule has 2 aromatic carbocycles. The number of amides is 3. The van der Waals surface area contributed by atoms with E-state index in [9.17, 15) is 14.4 Å². The van der Waals surface area contributed by atoms with Crippen molar-refractivity contribution >= 4 is 11.9 Å². The first kappa shape index (κ1) is 19.4. The second-order valence-corrected chi connectivity index (χ2v) is 7.38. The largest absolute Gasteiger partial charge is 0.457 e. The highest BCUT2D eigenvalue weighted by Gasteiger charge is 2.48. The summed E-state index contributed by atoms with van der Waals surface area (Å²) in [6.45, 7) is 3.68. The van der Waals surface area contributed by atoms with Gasteiger partial charge in [-0.2, -0.15) is 0 Å². The second kappa shape index (κ2) is 7.51. The fourth-order valence-electron chi connectivity index (χ4n) is 3.48. The number of imide groups is 1. The fourth-order valence-corrected chi connectivity index (χ4v) is 3.48. The van der Waals surface area contributed by atoms with Crippen LogP contribution < -0.4 is 20.9 Å². The van der Waals surface area contributed by atoms with Crippen molar-refractivity contribution in [2.45, 2.75) is 25.9 Å². The van der Waals surface area contributed by atoms with Crippen molar-refractivity contribution in [1.82, 2.24) is 15.2 Å². The van der Waals surface area contributed by atoms with Gasteiger partial charge < -0.3 is 14.6 Å². The molecule has 1 aliphatic heterocycles. The first-order valence-corrected chi connectivity index (χ1v) is 9.52. The Bertz CT molecular complexity index is 1170. The van der Waals surface area contributed by atoms with Crippen molar-refractivity contribution in [3.63, 3.8) is 0 Å². The van der Waals surface area contributed by atoms with Crippen molar-refractivity contribution in [2.24, 2.45) is 0 Å². The van der Waals surface area contributed by atoms with Gasteiger partial charge in [0.15, 0.2) is 5.54 Å². The summed E-state index contributed by atoms with van der Waals surface area (Å²) in [7, 11) is 0. The Hall–Kier alpha value is -3.87. The van der Waals surface area contributed by atoms with Crippen LogP contribution in [0.4, 0.5) is 4.79 Å². The smallest absolute Gasteiger partial charge is 0.322 e. The fraction of sp³-hybridized carbons (Fsp3) is 0.174. The van der Waals surface area contributed by atoms with Gasteiger partial charge in [0.2, 0.25) is 0 Å². The van der Waals surface area contributed by atoms with Gasteiger partial charge in [0.25, 0.3) is 11.5 Å². The summed E-state index contributed by atoms with van der Waals surface area (Å²) in [5, 5.41) is 4.99.